The van der Waals surface area contributed by atoms with Crippen LogP contribution in [-0.4, -0.2) is 42.2 Å². The normalized spacial score (nSPS) is 20.3. The molecule has 2 aromatic rings. The number of fused-ring (bicyclic) bond motifs is 1. The lowest BCUT2D eigenvalue weighted by atomic mass is 10.1. The Kier molecular flexibility index (Phi) is 3.72. The summed E-state index contributed by atoms with van der Waals surface area (Å²) < 4.78 is 7.67. The maximum atomic E-state index is 5.75. The van der Waals surface area contributed by atoms with E-state index in [1.165, 1.54) is 5.69 Å². The van der Waals surface area contributed by atoms with Crippen molar-refractivity contribution in [2.45, 2.75) is 25.4 Å². The molecular weight excluding hydrogens is 260 g/mol. The molecule has 0 saturated carbocycles. The van der Waals surface area contributed by atoms with Crippen LogP contribution in [0.1, 0.15) is 18.5 Å². The fourth-order valence-corrected chi connectivity index (χ4v) is 3.49. The third-order valence-corrected chi connectivity index (χ3v) is 4.49. The Morgan fingerprint density at radius 2 is 2.47 bits per heavy atom. The highest BCUT2D eigenvalue weighted by Gasteiger charge is 2.24. The highest BCUT2D eigenvalue weighted by molar-refractivity contribution is 7.15. The number of nitrogens with two attached hydrogens (primary N) is 1. The third kappa shape index (κ3) is 2.35. The van der Waals surface area contributed by atoms with Crippen LogP contribution in [0.4, 0.5) is 5.82 Å². The molecule has 2 aromatic heterocycles. The molecule has 1 atom stereocenters. The summed E-state index contributed by atoms with van der Waals surface area (Å²) in [5.41, 5.74) is 6.98. The third-order valence-electron chi connectivity index (χ3n) is 3.73. The first-order valence-corrected chi connectivity index (χ1v) is 7.63. The maximum Gasteiger partial charge on any atom is 0.195 e. The number of ether oxygens (including phenoxy) is 1. The second-order valence-electron chi connectivity index (χ2n) is 4.92. The Labute approximate surface area is 117 Å². The first kappa shape index (κ1) is 12.9. The van der Waals surface area contributed by atoms with Gasteiger partial charge in [0.25, 0.3) is 0 Å². The van der Waals surface area contributed by atoms with Crippen molar-refractivity contribution >= 4 is 22.1 Å². The first-order chi connectivity index (χ1) is 9.33. The van der Waals surface area contributed by atoms with E-state index in [-0.39, 0.29) is 0 Å². The zero-order chi connectivity index (χ0) is 13.2. The molecule has 2 N–H and O–H groups in total. The second-order valence-corrected chi connectivity index (χ2v) is 5.80. The summed E-state index contributed by atoms with van der Waals surface area (Å²) in [5.74, 6) is 1.10. The van der Waals surface area contributed by atoms with Crippen LogP contribution in [0.3, 0.4) is 0 Å². The van der Waals surface area contributed by atoms with Crippen molar-refractivity contribution in [3.63, 3.8) is 0 Å². The topological polar surface area (TPSA) is 55.8 Å². The van der Waals surface area contributed by atoms with Gasteiger partial charge >= 0.3 is 0 Å². The van der Waals surface area contributed by atoms with Crippen LogP contribution in [-0.2, 0) is 11.2 Å². The fraction of sp³-hybridized carbons (Fsp3) is 0.615. The van der Waals surface area contributed by atoms with Crippen LogP contribution in [0.15, 0.2) is 11.6 Å². The van der Waals surface area contributed by atoms with Crippen molar-refractivity contribution in [1.82, 2.24) is 9.38 Å². The second kappa shape index (κ2) is 5.48. The van der Waals surface area contributed by atoms with Gasteiger partial charge in [0.2, 0.25) is 0 Å². The van der Waals surface area contributed by atoms with E-state index in [1.54, 1.807) is 18.4 Å². The van der Waals surface area contributed by atoms with Crippen molar-refractivity contribution in [2.24, 2.45) is 5.73 Å². The van der Waals surface area contributed by atoms with Crippen molar-refractivity contribution in [2.75, 3.05) is 31.6 Å². The van der Waals surface area contributed by atoms with E-state index < -0.39 is 0 Å². The van der Waals surface area contributed by atoms with Crippen molar-refractivity contribution < 1.29 is 4.74 Å². The smallest absolute Gasteiger partial charge is 0.195 e. The number of nitrogens with zero attached hydrogens (tertiary/aromatic N) is 3. The Hall–Kier alpha value is -1.11. The first-order valence-electron chi connectivity index (χ1n) is 6.75. The highest BCUT2D eigenvalue weighted by atomic mass is 32.1. The number of aromatic nitrogens is 2. The molecule has 0 aromatic carbocycles. The average Bonchev–Trinajstić information content (AvgIpc) is 3.02. The quantitative estimate of drug-likeness (QED) is 0.922. The number of hydrogen-bond donors (Lipinski definition) is 1. The zero-order valence-corrected chi connectivity index (χ0v) is 12.0. The minimum absolute atomic E-state index is 0.319. The average molecular weight is 280 g/mol. The summed E-state index contributed by atoms with van der Waals surface area (Å²) in [7, 11) is 1.79. The number of piperidine rings is 1. The van der Waals surface area contributed by atoms with Crippen molar-refractivity contribution in [3.05, 3.63) is 17.3 Å². The van der Waals surface area contributed by atoms with Gasteiger partial charge in [0.05, 0.1) is 11.8 Å². The molecule has 0 radical (unpaired) electrons. The zero-order valence-electron chi connectivity index (χ0n) is 11.2. The number of imidazole rings is 1. The van der Waals surface area contributed by atoms with E-state index in [1.807, 2.05) is 0 Å². The molecule has 19 heavy (non-hydrogen) atoms. The van der Waals surface area contributed by atoms with Gasteiger partial charge in [0.15, 0.2) is 10.8 Å². The van der Waals surface area contributed by atoms with Gasteiger partial charge in [-0.05, 0) is 19.4 Å². The van der Waals surface area contributed by atoms with Crippen LogP contribution in [0, 0.1) is 0 Å². The SMILES string of the molecule is COC1CCCN(c2nc3sccn3c2CCN)C1. The molecule has 3 heterocycles. The molecule has 1 aliphatic heterocycles. The van der Waals surface area contributed by atoms with Crippen molar-refractivity contribution in [3.8, 4) is 0 Å². The molecule has 3 rings (SSSR count). The number of rotatable bonds is 4. The minimum atomic E-state index is 0.319. The van der Waals surface area contributed by atoms with Crippen LogP contribution >= 0.6 is 11.3 Å². The van der Waals surface area contributed by atoms with Crippen molar-refractivity contribution in [1.29, 1.82) is 0 Å². The molecule has 0 bridgehead atoms. The predicted octanol–water partition coefficient (Wildman–Crippen LogP) is 1.51. The summed E-state index contributed by atoms with van der Waals surface area (Å²) in [4.78, 5) is 8.18. The Bertz CT molecular complexity index is 550. The lowest BCUT2D eigenvalue weighted by molar-refractivity contribution is 0.0891. The maximum absolute atomic E-state index is 5.75. The van der Waals surface area contributed by atoms with E-state index >= 15 is 0 Å². The van der Waals surface area contributed by atoms with Crippen LogP contribution in [0.25, 0.3) is 4.96 Å². The van der Waals surface area contributed by atoms with Crippen LogP contribution in [0.2, 0.25) is 0 Å². The molecule has 0 aliphatic carbocycles. The monoisotopic (exact) mass is 280 g/mol. The number of anilines is 1. The van der Waals surface area contributed by atoms with Crippen LogP contribution < -0.4 is 10.6 Å². The molecule has 1 saturated heterocycles. The van der Waals surface area contributed by atoms with Gasteiger partial charge in [-0.25, -0.2) is 4.98 Å². The fourth-order valence-electron chi connectivity index (χ4n) is 2.77. The van der Waals surface area contributed by atoms with E-state index in [4.69, 9.17) is 15.5 Å². The van der Waals surface area contributed by atoms with Gasteiger partial charge in [0.1, 0.15) is 0 Å². The Morgan fingerprint density at radius 1 is 1.58 bits per heavy atom. The summed E-state index contributed by atoms with van der Waals surface area (Å²) in [6.07, 6.45) is 5.56. The van der Waals surface area contributed by atoms with E-state index in [0.29, 0.717) is 12.6 Å². The van der Waals surface area contributed by atoms with Gasteiger partial charge in [-0.1, -0.05) is 0 Å². The Balaban J connectivity index is 1.94. The number of hydrogen-bond acceptors (Lipinski definition) is 5. The lowest BCUT2D eigenvalue weighted by Crippen LogP contribution is -2.40. The van der Waals surface area contributed by atoms with E-state index in [9.17, 15) is 0 Å². The van der Waals surface area contributed by atoms with E-state index in [0.717, 1.165) is 43.1 Å². The summed E-state index contributed by atoms with van der Waals surface area (Å²) in [6, 6.07) is 0. The molecule has 6 heteroatoms. The minimum Gasteiger partial charge on any atom is -0.380 e. The molecule has 5 nitrogen and oxygen atoms in total. The molecule has 104 valence electrons. The molecule has 0 spiro atoms. The van der Waals surface area contributed by atoms with Crippen LogP contribution in [0.5, 0.6) is 0 Å². The van der Waals surface area contributed by atoms with Gasteiger partial charge in [-0.15, -0.1) is 11.3 Å². The summed E-state index contributed by atoms with van der Waals surface area (Å²) in [6.45, 7) is 2.64. The highest BCUT2D eigenvalue weighted by Crippen LogP contribution is 2.27. The summed E-state index contributed by atoms with van der Waals surface area (Å²) >= 11 is 1.67. The molecule has 1 aliphatic rings. The number of methoxy groups -OCH3 is 1. The Morgan fingerprint density at radius 3 is 3.26 bits per heavy atom. The van der Waals surface area contributed by atoms with Gasteiger partial charge in [-0.3, -0.25) is 4.40 Å². The van der Waals surface area contributed by atoms with Gasteiger partial charge < -0.3 is 15.4 Å². The van der Waals surface area contributed by atoms with E-state index in [2.05, 4.69) is 20.9 Å². The molecular formula is C13H20N4OS. The van der Waals surface area contributed by atoms with Gasteiger partial charge in [-0.2, -0.15) is 0 Å². The number of thiazole rings is 1. The molecule has 1 unspecified atom stereocenters. The lowest BCUT2D eigenvalue weighted by Gasteiger charge is -2.32. The summed E-state index contributed by atoms with van der Waals surface area (Å²) in [5, 5.41) is 2.07. The van der Waals surface area contributed by atoms with Gasteiger partial charge in [0, 0.05) is 38.2 Å². The standard InChI is InChI=1S/C13H20N4OS/c1-18-10-3-2-6-16(9-10)12-11(4-5-14)17-7-8-19-13(17)15-12/h7-8,10H,2-6,9,14H2,1H3. The molecule has 0 amide bonds. The predicted molar refractivity (Wildman–Crippen MR) is 78.1 cm³/mol. The molecule has 1 fully saturated rings. The largest absolute Gasteiger partial charge is 0.380 e.